The average molecular weight is 392 g/mol. The van der Waals surface area contributed by atoms with Crippen molar-refractivity contribution in [3.63, 3.8) is 0 Å². The Morgan fingerprint density at radius 2 is 1.82 bits per heavy atom. The minimum atomic E-state index is -4.48. The molecular formula is C21H23F3N2O2. The lowest BCUT2D eigenvalue weighted by molar-refractivity contribution is -0.137. The third-order valence-electron chi connectivity index (χ3n) is 4.86. The Labute approximate surface area is 162 Å². The first-order valence-electron chi connectivity index (χ1n) is 9.18. The quantitative estimate of drug-likeness (QED) is 0.841. The molecule has 1 fully saturated rings. The van der Waals surface area contributed by atoms with Crippen LogP contribution in [0.15, 0.2) is 48.5 Å². The van der Waals surface area contributed by atoms with Crippen LogP contribution in [0.25, 0.3) is 0 Å². The molecule has 0 saturated carbocycles. The zero-order valence-electron chi connectivity index (χ0n) is 15.6. The first-order valence-corrected chi connectivity index (χ1v) is 9.18. The minimum Gasteiger partial charge on any atom is -0.379 e. The number of aryl methyl sites for hydroxylation is 1. The number of carbonyl (C=O) groups is 1. The van der Waals surface area contributed by atoms with Crippen molar-refractivity contribution in [2.24, 2.45) is 0 Å². The van der Waals surface area contributed by atoms with Crippen molar-refractivity contribution in [2.75, 3.05) is 32.8 Å². The van der Waals surface area contributed by atoms with Crippen LogP contribution in [0.5, 0.6) is 0 Å². The molecule has 2 aromatic carbocycles. The maximum Gasteiger partial charge on any atom is 0.416 e. The Balaban J connectivity index is 1.74. The lowest BCUT2D eigenvalue weighted by Gasteiger charge is -2.35. The van der Waals surface area contributed by atoms with Gasteiger partial charge in [0, 0.05) is 25.2 Å². The number of amides is 1. The van der Waals surface area contributed by atoms with Crippen LogP contribution in [0, 0.1) is 6.92 Å². The van der Waals surface area contributed by atoms with Gasteiger partial charge in [-0.3, -0.25) is 9.69 Å². The van der Waals surface area contributed by atoms with E-state index in [1.54, 1.807) is 0 Å². The van der Waals surface area contributed by atoms with Crippen molar-refractivity contribution >= 4 is 5.91 Å². The van der Waals surface area contributed by atoms with Gasteiger partial charge in [0.1, 0.15) is 0 Å². The van der Waals surface area contributed by atoms with Crippen LogP contribution < -0.4 is 5.32 Å². The highest BCUT2D eigenvalue weighted by molar-refractivity contribution is 5.94. The summed E-state index contributed by atoms with van der Waals surface area (Å²) in [6.07, 6.45) is -4.48. The van der Waals surface area contributed by atoms with Gasteiger partial charge in [0.05, 0.1) is 24.8 Å². The van der Waals surface area contributed by atoms with Gasteiger partial charge in [0.25, 0.3) is 5.91 Å². The second-order valence-electron chi connectivity index (χ2n) is 6.86. The summed E-state index contributed by atoms with van der Waals surface area (Å²) in [7, 11) is 0. The molecule has 2 aromatic rings. The van der Waals surface area contributed by atoms with Crippen LogP contribution in [-0.2, 0) is 10.9 Å². The monoisotopic (exact) mass is 392 g/mol. The number of morpholine rings is 1. The molecule has 0 aromatic heterocycles. The Morgan fingerprint density at radius 1 is 1.14 bits per heavy atom. The fourth-order valence-corrected chi connectivity index (χ4v) is 3.26. The molecule has 0 aliphatic carbocycles. The molecule has 0 radical (unpaired) electrons. The van der Waals surface area contributed by atoms with Crippen molar-refractivity contribution in [3.8, 4) is 0 Å². The van der Waals surface area contributed by atoms with Crippen molar-refractivity contribution in [1.29, 1.82) is 0 Å². The molecule has 1 amide bonds. The molecule has 1 aliphatic rings. The maximum atomic E-state index is 12.9. The summed E-state index contributed by atoms with van der Waals surface area (Å²) < 4.78 is 44.1. The van der Waals surface area contributed by atoms with Gasteiger partial charge in [-0.05, 0) is 30.7 Å². The Bertz CT molecular complexity index is 800. The Hall–Kier alpha value is -2.38. The largest absolute Gasteiger partial charge is 0.416 e. The van der Waals surface area contributed by atoms with Gasteiger partial charge >= 0.3 is 6.18 Å². The number of carbonyl (C=O) groups excluding carboxylic acids is 1. The van der Waals surface area contributed by atoms with Crippen molar-refractivity contribution in [3.05, 3.63) is 70.8 Å². The molecule has 1 saturated heterocycles. The van der Waals surface area contributed by atoms with Gasteiger partial charge in [-0.1, -0.05) is 35.9 Å². The normalized spacial score (nSPS) is 16.6. The second kappa shape index (κ2) is 8.75. The molecule has 1 aliphatic heterocycles. The highest BCUT2D eigenvalue weighted by atomic mass is 19.4. The summed E-state index contributed by atoms with van der Waals surface area (Å²) in [6.45, 7) is 5.00. The number of hydrogen-bond acceptors (Lipinski definition) is 3. The molecule has 0 bridgehead atoms. The van der Waals surface area contributed by atoms with E-state index in [2.05, 4.69) is 10.2 Å². The summed E-state index contributed by atoms with van der Waals surface area (Å²) >= 11 is 0. The highest BCUT2D eigenvalue weighted by Crippen LogP contribution is 2.29. The number of rotatable bonds is 5. The molecule has 1 N–H and O–H groups in total. The number of nitrogens with zero attached hydrogens (tertiary/aromatic N) is 1. The molecule has 0 spiro atoms. The molecule has 1 unspecified atom stereocenters. The van der Waals surface area contributed by atoms with E-state index in [9.17, 15) is 18.0 Å². The van der Waals surface area contributed by atoms with Crippen molar-refractivity contribution < 1.29 is 22.7 Å². The number of ether oxygens (including phenoxy) is 1. The molecule has 1 heterocycles. The zero-order chi connectivity index (χ0) is 20.1. The third-order valence-corrected chi connectivity index (χ3v) is 4.86. The molecule has 150 valence electrons. The Kier molecular flexibility index (Phi) is 6.36. The van der Waals surface area contributed by atoms with Crippen molar-refractivity contribution in [1.82, 2.24) is 10.2 Å². The fraction of sp³-hybridized carbons (Fsp3) is 0.381. The second-order valence-corrected chi connectivity index (χ2v) is 6.86. The van der Waals surface area contributed by atoms with Gasteiger partial charge in [-0.25, -0.2) is 0 Å². The molecule has 3 rings (SSSR count). The van der Waals surface area contributed by atoms with Crippen LogP contribution in [-0.4, -0.2) is 43.7 Å². The van der Waals surface area contributed by atoms with Crippen LogP contribution in [0.2, 0.25) is 0 Å². The van der Waals surface area contributed by atoms with E-state index in [1.807, 2.05) is 31.2 Å². The Morgan fingerprint density at radius 3 is 2.46 bits per heavy atom. The lowest BCUT2D eigenvalue weighted by atomic mass is 10.0. The van der Waals surface area contributed by atoms with Gasteiger partial charge in [0.15, 0.2) is 0 Å². The SMILES string of the molecule is Cc1ccc(C(CNC(=O)c2cccc(C(F)(F)F)c2)N2CCOCC2)cc1. The predicted octanol–water partition coefficient (Wildman–Crippen LogP) is 3.82. The first kappa shape index (κ1) is 20.4. The molecule has 28 heavy (non-hydrogen) atoms. The zero-order valence-corrected chi connectivity index (χ0v) is 15.6. The fourth-order valence-electron chi connectivity index (χ4n) is 3.26. The number of nitrogens with one attached hydrogen (secondary N) is 1. The summed E-state index contributed by atoms with van der Waals surface area (Å²) in [4.78, 5) is 14.7. The van der Waals surface area contributed by atoms with Gasteiger partial charge in [-0.2, -0.15) is 13.2 Å². The van der Waals surface area contributed by atoms with Gasteiger partial charge < -0.3 is 10.1 Å². The van der Waals surface area contributed by atoms with Crippen LogP contribution in [0.3, 0.4) is 0 Å². The summed E-state index contributed by atoms with van der Waals surface area (Å²) in [6, 6.07) is 12.5. The predicted molar refractivity (Wildman–Crippen MR) is 100 cm³/mol. The smallest absolute Gasteiger partial charge is 0.379 e. The number of benzene rings is 2. The third kappa shape index (κ3) is 5.11. The average Bonchev–Trinajstić information content (AvgIpc) is 2.69. The summed E-state index contributed by atoms with van der Waals surface area (Å²) in [5.41, 5.74) is 1.36. The van der Waals surface area contributed by atoms with E-state index in [0.29, 0.717) is 19.8 Å². The van der Waals surface area contributed by atoms with Crippen molar-refractivity contribution in [2.45, 2.75) is 19.1 Å². The van der Waals surface area contributed by atoms with Crippen LogP contribution in [0.1, 0.15) is 33.1 Å². The number of hydrogen-bond donors (Lipinski definition) is 1. The molecule has 1 atom stereocenters. The first-order chi connectivity index (χ1) is 13.3. The molecule has 7 heteroatoms. The van der Waals surface area contributed by atoms with Crippen LogP contribution in [0.4, 0.5) is 13.2 Å². The minimum absolute atomic E-state index is 0.000501. The lowest BCUT2D eigenvalue weighted by Crippen LogP contribution is -2.43. The van der Waals surface area contributed by atoms with Crippen LogP contribution >= 0.6 is 0 Å². The van der Waals surface area contributed by atoms with E-state index < -0.39 is 17.6 Å². The topological polar surface area (TPSA) is 41.6 Å². The maximum absolute atomic E-state index is 12.9. The summed E-state index contributed by atoms with van der Waals surface area (Å²) in [5.74, 6) is -0.517. The van der Waals surface area contributed by atoms with E-state index in [4.69, 9.17) is 4.74 Å². The molecule has 4 nitrogen and oxygen atoms in total. The van der Waals surface area contributed by atoms with E-state index in [-0.39, 0.29) is 11.6 Å². The van der Waals surface area contributed by atoms with E-state index in [0.717, 1.165) is 36.3 Å². The highest BCUT2D eigenvalue weighted by Gasteiger charge is 2.31. The summed E-state index contributed by atoms with van der Waals surface area (Å²) in [5, 5.41) is 2.80. The van der Waals surface area contributed by atoms with E-state index in [1.165, 1.54) is 12.1 Å². The van der Waals surface area contributed by atoms with Gasteiger partial charge in [0.2, 0.25) is 0 Å². The number of halogens is 3. The molecular weight excluding hydrogens is 369 g/mol. The standard InChI is InChI=1S/C21H23F3N2O2/c1-15-5-7-16(8-6-15)19(26-9-11-28-12-10-26)14-25-20(27)17-3-2-4-18(13-17)21(22,23)24/h2-8,13,19H,9-12,14H2,1H3,(H,25,27). The van der Waals surface area contributed by atoms with Gasteiger partial charge in [-0.15, -0.1) is 0 Å². The van der Waals surface area contributed by atoms with E-state index >= 15 is 0 Å². The number of alkyl halides is 3.